The van der Waals surface area contributed by atoms with Crippen LogP contribution in [0.4, 0.5) is 0 Å². The Morgan fingerprint density at radius 3 is 1.73 bits per heavy atom. The smallest absolute Gasteiger partial charge is 0.160 e. The molecule has 0 unspecified atom stereocenters. The molecule has 0 bridgehead atoms. The molecule has 0 saturated carbocycles. The van der Waals surface area contributed by atoms with Crippen LogP contribution in [0.25, 0.3) is 111 Å². The molecule has 4 heteroatoms. The number of aromatic nitrogens is 3. The summed E-state index contributed by atoms with van der Waals surface area (Å²) in [5, 5.41) is 7.76. The highest BCUT2D eigenvalue weighted by atomic mass is 16.3. The molecule has 0 radical (unpaired) electrons. The highest BCUT2D eigenvalue weighted by molar-refractivity contribution is 6.23. The third-order valence-electron chi connectivity index (χ3n) is 10.7. The van der Waals surface area contributed by atoms with Crippen LogP contribution in [-0.2, 0) is 0 Å². The van der Waals surface area contributed by atoms with Gasteiger partial charge in [-0.1, -0.05) is 158 Å². The predicted molar refractivity (Wildman–Crippen MR) is 227 cm³/mol. The van der Waals surface area contributed by atoms with Gasteiger partial charge in [0.2, 0.25) is 0 Å². The number of para-hydroxylation sites is 1. The number of hydrogen-bond acceptors (Lipinski definition) is 4. The average Bonchev–Trinajstić information content (AvgIpc) is 3.66. The van der Waals surface area contributed by atoms with Gasteiger partial charge in [0.15, 0.2) is 5.82 Å². The molecule has 0 aliphatic heterocycles. The molecule has 8 aromatic carbocycles. The second kappa shape index (κ2) is 12.6. The Hall–Kier alpha value is -7.43. The number of benzene rings is 8. The molecule has 4 nitrogen and oxygen atoms in total. The van der Waals surface area contributed by atoms with Crippen molar-refractivity contribution in [1.82, 2.24) is 15.0 Å². The predicted octanol–water partition coefficient (Wildman–Crippen LogP) is 13.6. The maximum atomic E-state index is 6.78. The van der Waals surface area contributed by atoms with Crippen LogP contribution in [0.15, 0.2) is 192 Å². The van der Waals surface area contributed by atoms with Gasteiger partial charge in [0.25, 0.3) is 0 Å². The van der Waals surface area contributed by atoms with E-state index in [4.69, 9.17) is 19.4 Å². The van der Waals surface area contributed by atoms with Gasteiger partial charge < -0.3 is 4.42 Å². The maximum absolute atomic E-state index is 6.78. The van der Waals surface area contributed by atoms with Crippen molar-refractivity contribution in [2.24, 2.45) is 0 Å². The van der Waals surface area contributed by atoms with Gasteiger partial charge in [-0.2, -0.15) is 0 Å². The third kappa shape index (κ3) is 5.26. The third-order valence-corrected chi connectivity index (χ3v) is 10.7. The van der Waals surface area contributed by atoms with E-state index in [0.717, 1.165) is 83.1 Å². The highest BCUT2D eigenvalue weighted by Crippen LogP contribution is 2.43. The SMILES string of the molecule is c1ccc(-c2ccc(-c3cc(-c4ccc5nc(-c6cc7ccccc7c7ccccc67)c6c7ccccc7oc6c5c4)nc(-c4ccccc4)n3)cc2)cc1. The lowest BCUT2D eigenvalue weighted by atomic mass is 9.93. The fourth-order valence-corrected chi connectivity index (χ4v) is 7.99. The zero-order valence-corrected chi connectivity index (χ0v) is 29.6. The molecule has 0 saturated heterocycles. The molecule has 55 heavy (non-hydrogen) atoms. The van der Waals surface area contributed by atoms with Crippen LogP contribution in [0.5, 0.6) is 0 Å². The first-order chi connectivity index (χ1) is 27.2. The molecule has 0 aliphatic carbocycles. The summed E-state index contributed by atoms with van der Waals surface area (Å²) in [4.78, 5) is 15.7. The summed E-state index contributed by atoms with van der Waals surface area (Å²) in [6.07, 6.45) is 0. The van der Waals surface area contributed by atoms with Crippen LogP contribution in [0.2, 0.25) is 0 Å². The topological polar surface area (TPSA) is 51.8 Å². The summed E-state index contributed by atoms with van der Waals surface area (Å²) >= 11 is 0. The van der Waals surface area contributed by atoms with Crippen molar-refractivity contribution in [3.05, 3.63) is 188 Å². The molecular weight excluding hydrogens is 671 g/mol. The lowest BCUT2D eigenvalue weighted by Crippen LogP contribution is -1.96. The Bertz CT molecular complexity index is 3240. The highest BCUT2D eigenvalue weighted by Gasteiger charge is 2.21. The Kier molecular flexibility index (Phi) is 7.14. The van der Waals surface area contributed by atoms with Crippen molar-refractivity contribution in [3.8, 4) is 56.3 Å². The van der Waals surface area contributed by atoms with E-state index < -0.39 is 0 Å². The lowest BCUT2D eigenvalue weighted by Gasteiger charge is -2.13. The van der Waals surface area contributed by atoms with Crippen LogP contribution >= 0.6 is 0 Å². The first-order valence-electron chi connectivity index (χ1n) is 18.5. The van der Waals surface area contributed by atoms with E-state index in [9.17, 15) is 0 Å². The Balaban J connectivity index is 1.12. The van der Waals surface area contributed by atoms with Gasteiger partial charge in [0.05, 0.1) is 28.0 Å². The van der Waals surface area contributed by atoms with Crippen LogP contribution in [-0.4, -0.2) is 15.0 Å². The molecule has 11 rings (SSSR count). The molecule has 0 spiro atoms. The number of rotatable bonds is 5. The number of pyridine rings is 1. The Morgan fingerprint density at radius 2 is 0.945 bits per heavy atom. The molecule has 0 amide bonds. The molecule has 11 aromatic rings. The van der Waals surface area contributed by atoms with E-state index in [-0.39, 0.29) is 0 Å². The minimum atomic E-state index is 0.672. The molecular formula is C51H31N3O. The maximum Gasteiger partial charge on any atom is 0.160 e. The first kappa shape index (κ1) is 31.1. The van der Waals surface area contributed by atoms with Gasteiger partial charge in [-0.05, 0) is 63.0 Å². The van der Waals surface area contributed by atoms with E-state index in [1.165, 1.54) is 21.7 Å². The quantitative estimate of drug-likeness (QED) is 0.168. The van der Waals surface area contributed by atoms with Crippen molar-refractivity contribution in [2.75, 3.05) is 0 Å². The Morgan fingerprint density at radius 1 is 0.364 bits per heavy atom. The summed E-state index contributed by atoms with van der Waals surface area (Å²) in [6, 6.07) is 65.4. The summed E-state index contributed by atoms with van der Waals surface area (Å²) < 4.78 is 6.78. The Labute approximate surface area is 317 Å². The van der Waals surface area contributed by atoms with Gasteiger partial charge in [-0.3, -0.25) is 0 Å². The molecule has 0 aliphatic rings. The molecule has 0 fully saturated rings. The molecule has 0 atom stereocenters. The normalized spacial score (nSPS) is 11.6. The van der Waals surface area contributed by atoms with Crippen molar-refractivity contribution in [2.45, 2.75) is 0 Å². The molecule has 256 valence electrons. The number of fused-ring (bicyclic) bond motifs is 8. The summed E-state index contributed by atoms with van der Waals surface area (Å²) in [6.45, 7) is 0. The van der Waals surface area contributed by atoms with Gasteiger partial charge in [-0.25, -0.2) is 15.0 Å². The number of hydrogen-bond donors (Lipinski definition) is 0. The van der Waals surface area contributed by atoms with Crippen LogP contribution in [0.1, 0.15) is 0 Å². The van der Waals surface area contributed by atoms with Gasteiger partial charge in [0, 0.05) is 33.0 Å². The van der Waals surface area contributed by atoms with Crippen molar-refractivity contribution >= 4 is 54.4 Å². The van der Waals surface area contributed by atoms with Crippen LogP contribution in [0.3, 0.4) is 0 Å². The van der Waals surface area contributed by atoms with Gasteiger partial charge in [-0.15, -0.1) is 0 Å². The van der Waals surface area contributed by atoms with E-state index in [1.54, 1.807) is 0 Å². The van der Waals surface area contributed by atoms with E-state index in [1.807, 2.05) is 36.4 Å². The van der Waals surface area contributed by atoms with Crippen molar-refractivity contribution in [3.63, 3.8) is 0 Å². The zero-order chi connectivity index (χ0) is 36.3. The number of nitrogens with zero attached hydrogens (tertiary/aromatic N) is 3. The van der Waals surface area contributed by atoms with Crippen molar-refractivity contribution < 1.29 is 4.42 Å². The fraction of sp³-hybridized carbons (Fsp3) is 0. The summed E-state index contributed by atoms with van der Waals surface area (Å²) in [5.41, 5.74) is 11.5. The summed E-state index contributed by atoms with van der Waals surface area (Å²) in [5.74, 6) is 0.672. The summed E-state index contributed by atoms with van der Waals surface area (Å²) in [7, 11) is 0. The van der Waals surface area contributed by atoms with E-state index in [0.29, 0.717) is 5.82 Å². The average molecular weight is 702 g/mol. The minimum Gasteiger partial charge on any atom is -0.455 e. The zero-order valence-electron chi connectivity index (χ0n) is 29.6. The number of furan rings is 1. The molecule has 3 aromatic heterocycles. The van der Waals surface area contributed by atoms with Crippen LogP contribution in [0, 0.1) is 0 Å². The standard InChI is InChI=1S/C51H31N3O/c1-3-13-32(14-4-1)33-23-25-34(26-24-33)45-31-46(54-51(53-45)35-15-5-2-6-16-35)37-27-28-44-43(30-37)50-48(41-21-11-12-22-47(41)55-50)49(52-44)42-29-36-17-7-8-18-38(36)39-19-9-10-20-40(39)42/h1-31H. The van der Waals surface area contributed by atoms with Crippen molar-refractivity contribution in [1.29, 1.82) is 0 Å². The fourth-order valence-electron chi connectivity index (χ4n) is 7.99. The van der Waals surface area contributed by atoms with E-state index in [2.05, 4.69) is 152 Å². The second-order valence-corrected chi connectivity index (χ2v) is 14.0. The molecule has 0 N–H and O–H groups in total. The van der Waals surface area contributed by atoms with E-state index >= 15 is 0 Å². The second-order valence-electron chi connectivity index (χ2n) is 14.0. The van der Waals surface area contributed by atoms with Gasteiger partial charge >= 0.3 is 0 Å². The largest absolute Gasteiger partial charge is 0.455 e. The molecule has 3 heterocycles. The lowest BCUT2D eigenvalue weighted by molar-refractivity contribution is 0.672. The van der Waals surface area contributed by atoms with Crippen LogP contribution < -0.4 is 0 Å². The minimum absolute atomic E-state index is 0.672. The monoisotopic (exact) mass is 701 g/mol. The van der Waals surface area contributed by atoms with Gasteiger partial charge in [0.1, 0.15) is 11.2 Å². The first-order valence-corrected chi connectivity index (χ1v) is 18.5.